The van der Waals surface area contributed by atoms with Gasteiger partial charge in [-0.3, -0.25) is 4.79 Å². The second kappa shape index (κ2) is 6.38. The molecule has 20 heavy (non-hydrogen) atoms. The molecule has 0 aromatic carbocycles. The predicted octanol–water partition coefficient (Wildman–Crippen LogP) is 3.47. The van der Waals surface area contributed by atoms with Crippen molar-refractivity contribution in [2.24, 2.45) is 0 Å². The molecule has 2 rings (SSSR count). The summed E-state index contributed by atoms with van der Waals surface area (Å²) in [5.41, 5.74) is 0.783. The lowest BCUT2D eigenvalue weighted by molar-refractivity contribution is 0.0510. The minimum atomic E-state index is -0.354. The first kappa shape index (κ1) is 14.3. The van der Waals surface area contributed by atoms with Crippen molar-refractivity contribution in [1.29, 1.82) is 0 Å². The zero-order chi connectivity index (χ0) is 14.5. The van der Waals surface area contributed by atoms with Crippen LogP contribution in [0.2, 0.25) is 0 Å². The lowest BCUT2D eigenvalue weighted by Gasteiger charge is -2.01. The van der Waals surface area contributed by atoms with E-state index in [1.54, 1.807) is 18.2 Å². The number of thiophene rings is 1. The number of hydrogen-bond donors (Lipinski definition) is 1. The van der Waals surface area contributed by atoms with Crippen molar-refractivity contribution >= 4 is 28.2 Å². The van der Waals surface area contributed by atoms with Crippen molar-refractivity contribution in [3.05, 3.63) is 40.7 Å². The number of esters is 1. The summed E-state index contributed by atoms with van der Waals surface area (Å²) in [5, 5.41) is 3.28. The molecule has 6 heteroatoms. The Morgan fingerprint density at radius 1 is 1.45 bits per heavy atom. The zero-order valence-electron chi connectivity index (χ0n) is 11.3. The summed E-state index contributed by atoms with van der Waals surface area (Å²) >= 11 is 1.20. The zero-order valence-corrected chi connectivity index (χ0v) is 12.1. The smallest absolute Gasteiger partial charge is 0.348 e. The van der Waals surface area contributed by atoms with Crippen LogP contribution in [0.5, 0.6) is 0 Å². The van der Waals surface area contributed by atoms with Crippen molar-refractivity contribution in [3.63, 3.8) is 0 Å². The van der Waals surface area contributed by atoms with Crippen LogP contribution in [0.15, 0.2) is 28.9 Å². The quantitative estimate of drug-likeness (QED) is 0.857. The second-order valence-electron chi connectivity index (χ2n) is 4.19. The van der Waals surface area contributed by atoms with Crippen molar-refractivity contribution in [3.8, 4) is 0 Å². The van der Waals surface area contributed by atoms with Gasteiger partial charge in [0.25, 0.3) is 5.91 Å². The van der Waals surface area contributed by atoms with Gasteiger partial charge in [0, 0.05) is 0 Å². The molecule has 2 aromatic heterocycles. The molecular weight excluding hydrogens is 278 g/mol. The third-order valence-electron chi connectivity index (χ3n) is 2.52. The molecule has 1 amide bonds. The van der Waals surface area contributed by atoms with Crippen molar-refractivity contribution < 1.29 is 18.7 Å². The Labute approximate surface area is 120 Å². The first-order chi connectivity index (χ1) is 9.61. The molecule has 106 valence electrons. The normalized spacial score (nSPS) is 10.3. The fourth-order valence-electron chi connectivity index (χ4n) is 1.59. The molecule has 0 saturated carbocycles. The van der Waals surface area contributed by atoms with Crippen LogP contribution in [-0.2, 0) is 4.74 Å². The Morgan fingerprint density at radius 3 is 2.90 bits per heavy atom. The highest BCUT2D eigenvalue weighted by Gasteiger charge is 2.17. The van der Waals surface area contributed by atoms with Gasteiger partial charge in [-0.15, -0.1) is 11.3 Å². The van der Waals surface area contributed by atoms with Crippen LogP contribution in [0.1, 0.15) is 39.1 Å². The van der Waals surface area contributed by atoms with Gasteiger partial charge in [0.2, 0.25) is 0 Å². The first-order valence-electron chi connectivity index (χ1n) is 6.24. The molecule has 0 aliphatic rings. The molecule has 1 N–H and O–H groups in total. The summed E-state index contributed by atoms with van der Waals surface area (Å²) in [6.07, 6.45) is 2.21. The molecule has 0 aliphatic carbocycles. The highest BCUT2D eigenvalue weighted by molar-refractivity contribution is 7.18. The fourth-order valence-corrected chi connectivity index (χ4v) is 2.55. The number of rotatable bonds is 5. The lowest BCUT2D eigenvalue weighted by atomic mass is 10.3. The molecule has 0 aliphatic heterocycles. The van der Waals surface area contributed by atoms with Crippen LogP contribution >= 0.6 is 11.3 Å². The topological polar surface area (TPSA) is 68.5 Å². The standard InChI is InChI=1S/C14H15NO4S/c1-3-6-19-14(17)12-9(2)8-11(20-12)15-13(16)10-5-4-7-18-10/h4-5,7-8H,3,6H2,1-2H3,(H,15,16). The van der Waals surface area contributed by atoms with Crippen LogP contribution in [0.3, 0.4) is 0 Å². The molecule has 0 saturated heterocycles. The van der Waals surface area contributed by atoms with Gasteiger partial charge < -0.3 is 14.5 Å². The van der Waals surface area contributed by atoms with E-state index in [-0.39, 0.29) is 17.6 Å². The lowest BCUT2D eigenvalue weighted by Crippen LogP contribution is -2.09. The SMILES string of the molecule is CCCOC(=O)c1sc(NC(=O)c2ccco2)cc1C. The molecule has 0 unspecified atom stereocenters. The number of amides is 1. The van der Waals surface area contributed by atoms with Gasteiger partial charge in [0.15, 0.2) is 5.76 Å². The Bertz CT molecular complexity index is 601. The maximum absolute atomic E-state index is 11.8. The van der Waals surface area contributed by atoms with E-state index in [1.807, 2.05) is 13.8 Å². The van der Waals surface area contributed by atoms with E-state index in [0.717, 1.165) is 12.0 Å². The van der Waals surface area contributed by atoms with Crippen molar-refractivity contribution in [1.82, 2.24) is 0 Å². The Hall–Kier alpha value is -2.08. The van der Waals surface area contributed by atoms with E-state index < -0.39 is 0 Å². The van der Waals surface area contributed by atoms with E-state index in [4.69, 9.17) is 9.15 Å². The highest BCUT2D eigenvalue weighted by atomic mass is 32.1. The molecule has 0 spiro atoms. The number of furan rings is 1. The van der Waals surface area contributed by atoms with Gasteiger partial charge in [-0.25, -0.2) is 4.79 Å². The molecular formula is C14H15NO4S. The van der Waals surface area contributed by atoms with Crippen LogP contribution in [0.4, 0.5) is 5.00 Å². The van der Waals surface area contributed by atoms with Gasteiger partial charge in [-0.05, 0) is 37.1 Å². The molecule has 2 aromatic rings. The number of hydrogen-bond acceptors (Lipinski definition) is 5. The number of ether oxygens (including phenoxy) is 1. The fraction of sp³-hybridized carbons (Fsp3) is 0.286. The minimum absolute atomic E-state index is 0.228. The number of anilines is 1. The average molecular weight is 293 g/mol. The maximum Gasteiger partial charge on any atom is 0.348 e. The van der Waals surface area contributed by atoms with E-state index in [9.17, 15) is 9.59 Å². The van der Waals surface area contributed by atoms with Crippen LogP contribution in [-0.4, -0.2) is 18.5 Å². The summed E-state index contributed by atoms with van der Waals surface area (Å²) in [6.45, 7) is 4.13. The summed E-state index contributed by atoms with van der Waals surface area (Å²) in [7, 11) is 0. The van der Waals surface area contributed by atoms with Crippen molar-refractivity contribution in [2.45, 2.75) is 20.3 Å². The van der Waals surface area contributed by atoms with Crippen LogP contribution < -0.4 is 5.32 Å². The van der Waals surface area contributed by atoms with Gasteiger partial charge in [-0.2, -0.15) is 0 Å². The third kappa shape index (κ3) is 3.27. The number of carbonyl (C=O) groups is 2. The first-order valence-corrected chi connectivity index (χ1v) is 7.06. The van der Waals surface area contributed by atoms with Gasteiger partial charge in [0.1, 0.15) is 4.88 Å². The third-order valence-corrected chi connectivity index (χ3v) is 3.65. The predicted molar refractivity (Wildman–Crippen MR) is 76.3 cm³/mol. The summed E-state index contributed by atoms with van der Waals surface area (Å²) < 4.78 is 10.1. The van der Waals surface area contributed by atoms with Gasteiger partial charge in [0.05, 0.1) is 17.9 Å². The van der Waals surface area contributed by atoms with E-state index >= 15 is 0 Å². The molecule has 0 atom stereocenters. The molecule has 2 heterocycles. The largest absolute Gasteiger partial charge is 0.462 e. The summed E-state index contributed by atoms with van der Waals surface area (Å²) in [6, 6.07) is 4.96. The second-order valence-corrected chi connectivity index (χ2v) is 5.24. The van der Waals surface area contributed by atoms with E-state index in [0.29, 0.717) is 16.5 Å². The van der Waals surface area contributed by atoms with E-state index in [1.165, 1.54) is 17.6 Å². The highest BCUT2D eigenvalue weighted by Crippen LogP contribution is 2.27. The maximum atomic E-state index is 11.8. The van der Waals surface area contributed by atoms with Crippen molar-refractivity contribution in [2.75, 3.05) is 11.9 Å². The molecule has 0 radical (unpaired) electrons. The summed E-state index contributed by atoms with van der Waals surface area (Å²) in [4.78, 5) is 24.1. The molecule has 5 nitrogen and oxygen atoms in total. The number of nitrogens with one attached hydrogen (secondary N) is 1. The Morgan fingerprint density at radius 2 is 2.25 bits per heavy atom. The number of aryl methyl sites for hydroxylation is 1. The van der Waals surface area contributed by atoms with Crippen LogP contribution in [0.25, 0.3) is 0 Å². The van der Waals surface area contributed by atoms with Gasteiger partial charge >= 0.3 is 5.97 Å². The van der Waals surface area contributed by atoms with Crippen LogP contribution in [0, 0.1) is 6.92 Å². The Balaban J connectivity index is 2.07. The number of carbonyl (C=O) groups excluding carboxylic acids is 2. The van der Waals surface area contributed by atoms with Gasteiger partial charge in [-0.1, -0.05) is 6.92 Å². The monoisotopic (exact) mass is 293 g/mol. The minimum Gasteiger partial charge on any atom is -0.462 e. The Kier molecular flexibility index (Phi) is 4.57. The average Bonchev–Trinajstić information content (AvgIpc) is 3.05. The van der Waals surface area contributed by atoms with E-state index in [2.05, 4.69) is 5.32 Å². The summed E-state index contributed by atoms with van der Waals surface area (Å²) in [5.74, 6) is -0.469. The molecule has 0 bridgehead atoms. The molecule has 0 fully saturated rings.